The third kappa shape index (κ3) is 6.41. The normalized spacial score (nSPS) is 11.1. The van der Waals surface area contributed by atoms with Crippen LogP contribution in [-0.2, 0) is 10.2 Å². The number of rotatable bonds is 9. The number of carbonyl (C=O) groups is 2. The highest BCUT2D eigenvalue weighted by molar-refractivity contribution is 5.99. The van der Waals surface area contributed by atoms with Crippen molar-refractivity contribution >= 4 is 17.6 Å². The lowest BCUT2D eigenvalue weighted by Crippen LogP contribution is -2.38. The highest BCUT2D eigenvalue weighted by Gasteiger charge is 2.23. The molecule has 0 saturated heterocycles. The lowest BCUT2D eigenvalue weighted by atomic mass is 9.92. The Bertz CT molecular complexity index is 1160. The van der Waals surface area contributed by atoms with E-state index >= 15 is 0 Å². The molecular formula is C27H34N4O4. The Kier molecular flexibility index (Phi) is 8.17. The van der Waals surface area contributed by atoms with Crippen LogP contribution in [0.5, 0.6) is 11.5 Å². The summed E-state index contributed by atoms with van der Waals surface area (Å²) < 4.78 is 12.2. The first kappa shape index (κ1) is 25.8. The Morgan fingerprint density at radius 3 is 2.29 bits per heavy atom. The zero-order chi connectivity index (χ0) is 25.6. The number of hydrogen-bond acceptors (Lipinski definition) is 5. The van der Waals surface area contributed by atoms with E-state index in [4.69, 9.17) is 14.6 Å². The van der Waals surface area contributed by atoms with Crippen molar-refractivity contribution in [2.45, 2.75) is 39.5 Å². The fourth-order valence-corrected chi connectivity index (χ4v) is 3.57. The summed E-state index contributed by atoms with van der Waals surface area (Å²) >= 11 is 0. The standard InChI is InChI=1S/C27H34N4O4/c1-7-15-30(26(33)19-9-8-10-22(16-19)35-6)18-25(32)28-24-17-23(27(2,3)4)29-31(24)20-11-13-21(34-5)14-12-20/h8-14,16-17H,7,15,18H2,1-6H3,(H,28,32). The van der Waals surface area contributed by atoms with E-state index in [0.717, 1.165) is 23.6 Å². The van der Waals surface area contributed by atoms with Crippen molar-refractivity contribution in [2.75, 3.05) is 32.6 Å². The molecular weight excluding hydrogens is 444 g/mol. The van der Waals surface area contributed by atoms with E-state index in [9.17, 15) is 9.59 Å². The van der Waals surface area contributed by atoms with Crippen molar-refractivity contribution in [3.8, 4) is 17.2 Å². The molecule has 3 aromatic rings. The maximum Gasteiger partial charge on any atom is 0.254 e. The summed E-state index contributed by atoms with van der Waals surface area (Å²) in [5.74, 6) is 1.34. The molecule has 0 atom stereocenters. The highest BCUT2D eigenvalue weighted by atomic mass is 16.5. The lowest BCUT2D eigenvalue weighted by Gasteiger charge is -2.22. The number of carbonyl (C=O) groups excluding carboxylic acids is 2. The van der Waals surface area contributed by atoms with E-state index in [-0.39, 0.29) is 23.8 Å². The van der Waals surface area contributed by atoms with Gasteiger partial charge in [-0.25, -0.2) is 4.68 Å². The van der Waals surface area contributed by atoms with E-state index in [1.54, 1.807) is 48.1 Å². The zero-order valence-corrected chi connectivity index (χ0v) is 21.3. The van der Waals surface area contributed by atoms with Gasteiger partial charge < -0.3 is 19.7 Å². The third-order valence-electron chi connectivity index (χ3n) is 5.49. The molecule has 3 rings (SSSR count). The second-order valence-electron chi connectivity index (χ2n) is 9.28. The summed E-state index contributed by atoms with van der Waals surface area (Å²) in [6.07, 6.45) is 0.723. The molecule has 1 N–H and O–H groups in total. The van der Waals surface area contributed by atoms with E-state index < -0.39 is 0 Å². The van der Waals surface area contributed by atoms with Gasteiger partial charge in [0.1, 0.15) is 23.9 Å². The van der Waals surface area contributed by atoms with Gasteiger partial charge in [-0.05, 0) is 48.9 Å². The van der Waals surface area contributed by atoms with Crippen molar-refractivity contribution < 1.29 is 19.1 Å². The fourth-order valence-electron chi connectivity index (χ4n) is 3.57. The molecule has 0 aliphatic carbocycles. The van der Waals surface area contributed by atoms with Gasteiger partial charge in [-0.3, -0.25) is 9.59 Å². The van der Waals surface area contributed by atoms with Crippen LogP contribution in [0.1, 0.15) is 50.2 Å². The summed E-state index contributed by atoms with van der Waals surface area (Å²) in [6.45, 7) is 8.54. The number of nitrogens with zero attached hydrogens (tertiary/aromatic N) is 3. The number of anilines is 1. The van der Waals surface area contributed by atoms with Gasteiger partial charge in [-0.2, -0.15) is 5.10 Å². The Labute approximate surface area is 206 Å². The minimum absolute atomic E-state index is 0.0808. The van der Waals surface area contributed by atoms with Crippen molar-refractivity contribution in [1.82, 2.24) is 14.7 Å². The van der Waals surface area contributed by atoms with Crippen LogP contribution in [0.4, 0.5) is 5.82 Å². The number of nitrogens with one attached hydrogen (secondary N) is 1. The van der Waals surface area contributed by atoms with Gasteiger partial charge in [-0.15, -0.1) is 0 Å². The molecule has 0 aliphatic heterocycles. The maximum atomic E-state index is 13.1. The maximum absolute atomic E-state index is 13.1. The second-order valence-corrected chi connectivity index (χ2v) is 9.28. The van der Waals surface area contributed by atoms with Crippen molar-refractivity contribution in [1.29, 1.82) is 0 Å². The van der Waals surface area contributed by atoms with E-state index in [2.05, 4.69) is 26.1 Å². The molecule has 186 valence electrons. The Hall–Kier alpha value is -3.81. The summed E-state index contributed by atoms with van der Waals surface area (Å²) in [7, 11) is 3.17. The number of methoxy groups -OCH3 is 2. The monoisotopic (exact) mass is 478 g/mol. The first-order chi connectivity index (χ1) is 16.7. The molecule has 8 heteroatoms. The third-order valence-corrected chi connectivity index (χ3v) is 5.49. The predicted molar refractivity (Wildman–Crippen MR) is 137 cm³/mol. The molecule has 2 aromatic carbocycles. The molecule has 1 aromatic heterocycles. The van der Waals surface area contributed by atoms with Gasteiger partial charge in [0.05, 0.1) is 25.6 Å². The van der Waals surface area contributed by atoms with Crippen LogP contribution in [0.2, 0.25) is 0 Å². The number of amides is 2. The van der Waals surface area contributed by atoms with Crippen molar-refractivity contribution in [2.24, 2.45) is 0 Å². The average Bonchev–Trinajstić information content (AvgIpc) is 3.27. The first-order valence-corrected chi connectivity index (χ1v) is 11.6. The van der Waals surface area contributed by atoms with Crippen LogP contribution in [0.3, 0.4) is 0 Å². The zero-order valence-electron chi connectivity index (χ0n) is 21.3. The molecule has 0 saturated carbocycles. The average molecular weight is 479 g/mol. The van der Waals surface area contributed by atoms with Crippen LogP contribution >= 0.6 is 0 Å². The van der Waals surface area contributed by atoms with Gasteiger partial charge in [0.25, 0.3) is 5.91 Å². The molecule has 0 unspecified atom stereocenters. The highest BCUT2D eigenvalue weighted by Crippen LogP contribution is 2.27. The molecule has 35 heavy (non-hydrogen) atoms. The molecule has 0 fully saturated rings. The van der Waals surface area contributed by atoms with Crippen LogP contribution in [0.25, 0.3) is 5.69 Å². The first-order valence-electron chi connectivity index (χ1n) is 11.6. The molecule has 8 nitrogen and oxygen atoms in total. The van der Waals surface area contributed by atoms with Gasteiger partial charge >= 0.3 is 0 Å². The van der Waals surface area contributed by atoms with E-state index in [0.29, 0.717) is 23.7 Å². The summed E-state index contributed by atoms with van der Waals surface area (Å²) in [5, 5.41) is 7.70. The van der Waals surface area contributed by atoms with E-state index in [1.807, 2.05) is 37.3 Å². The molecule has 0 aliphatic rings. The minimum atomic E-state index is -0.301. The number of benzene rings is 2. The molecule has 0 radical (unpaired) electrons. The van der Waals surface area contributed by atoms with Crippen LogP contribution in [0.15, 0.2) is 54.6 Å². The topological polar surface area (TPSA) is 85.7 Å². The predicted octanol–water partition coefficient (Wildman–Crippen LogP) is 4.68. The number of hydrogen-bond donors (Lipinski definition) is 1. The molecule has 0 spiro atoms. The smallest absolute Gasteiger partial charge is 0.254 e. The quantitative estimate of drug-likeness (QED) is 0.483. The van der Waals surface area contributed by atoms with Crippen molar-refractivity contribution in [3.05, 3.63) is 65.9 Å². The SMILES string of the molecule is CCCN(CC(=O)Nc1cc(C(C)(C)C)nn1-c1ccc(OC)cc1)C(=O)c1cccc(OC)c1. The van der Waals surface area contributed by atoms with Crippen LogP contribution < -0.4 is 14.8 Å². The Morgan fingerprint density at radius 2 is 1.69 bits per heavy atom. The molecule has 0 bridgehead atoms. The number of ether oxygens (including phenoxy) is 2. The lowest BCUT2D eigenvalue weighted by molar-refractivity contribution is -0.116. The van der Waals surface area contributed by atoms with Crippen molar-refractivity contribution in [3.63, 3.8) is 0 Å². The summed E-state index contributed by atoms with van der Waals surface area (Å²) in [4.78, 5) is 27.8. The number of aromatic nitrogens is 2. The summed E-state index contributed by atoms with van der Waals surface area (Å²) in [5.41, 5.74) is 1.88. The van der Waals surface area contributed by atoms with Gasteiger partial charge in [0.2, 0.25) is 5.91 Å². The minimum Gasteiger partial charge on any atom is -0.497 e. The molecule has 2 amide bonds. The van der Waals surface area contributed by atoms with E-state index in [1.165, 1.54) is 0 Å². The van der Waals surface area contributed by atoms with Crippen LogP contribution in [-0.4, -0.2) is 53.8 Å². The summed E-state index contributed by atoms with van der Waals surface area (Å²) in [6, 6.07) is 16.3. The van der Waals surface area contributed by atoms with Crippen LogP contribution in [0, 0.1) is 0 Å². The molecule has 1 heterocycles. The Morgan fingerprint density at radius 1 is 1.00 bits per heavy atom. The van der Waals surface area contributed by atoms with Gasteiger partial charge in [-0.1, -0.05) is 33.8 Å². The fraction of sp³-hybridized carbons (Fsp3) is 0.370. The largest absolute Gasteiger partial charge is 0.497 e. The van der Waals surface area contributed by atoms with Gasteiger partial charge in [0, 0.05) is 23.6 Å². The second kappa shape index (κ2) is 11.1. The van der Waals surface area contributed by atoms with Gasteiger partial charge in [0.15, 0.2) is 0 Å². The Balaban J connectivity index is 1.85.